The number of nitrogens with zero attached hydrogens (tertiary/aromatic N) is 3. The van der Waals surface area contributed by atoms with Crippen LogP contribution in [-0.2, 0) is 16.6 Å². The molecule has 1 saturated heterocycles. The van der Waals surface area contributed by atoms with Crippen molar-refractivity contribution in [1.82, 2.24) is 14.9 Å². The average Bonchev–Trinajstić information content (AvgIpc) is 2.98. The van der Waals surface area contributed by atoms with Crippen molar-refractivity contribution in [3.05, 3.63) is 65.2 Å². The number of likely N-dealkylation sites (tertiary alicyclic amines) is 1. The third-order valence-electron chi connectivity index (χ3n) is 5.47. The van der Waals surface area contributed by atoms with E-state index < -0.39 is 0 Å². The molecule has 0 radical (unpaired) electrons. The molecule has 0 saturated carbocycles. The van der Waals surface area contributed by atoms with E-state index in [9.17, 15) is 4.79 Å². The largest absolute Gasteiger partial charge is 0.338 e. The number of aryl methyl sites for hydroxylation is 2. The molecule has 4 nitrogen and oxygen atoms in total. The minimum absolute atomic E-state index is 0.0253. The van der Waals surface area contributed by atoms with Crippen LogP contribution in [0.1, 0.15) is 41.9 Å². The topological polar surface area (TPSA) is 46.1 Å². The second-order valence-corrected chi connectivity index (χ2v) is 7.18. The van der Waals surface area contributed by atoms with Gasteiger partial charge in [0.2, 0.25) is 5.91 Å². The summed E-state index contributed by atoms with van der Waals surface area (Å²) in [6.07, 6.45) is 9.83. The third-order valence-corrected chi connectivity index (χ3v) is 5.47. The Morgan fingerprint density at radius 1 is 1.24 bits per heavy atom. The van der Waals surface area contributed by atoms with Gasteiger partial charge in [0.25, 0.3) is 0 Å². The first-order valence-corrected chi connectivity index (χ1v) is 9.01. The molecule has 1 aliphatic heterocycles. The van der Waals surface area contributed by atoms with E-state index in [1.165, 1.54) is 11.3 Å². The van der Waals surface area contributed by atoms with Crippen LogP contribution in [0.25, 0.3) is 6.08 Å². The maximum atomic E-state index is 12.7. The molecule has 1 aromatic heterocycles. The summed E-state index contributed by atoms with van der Waals surface area (Å²) in [5.41, 5.74) is 3.53. The van der Waals surface area contributed by atoms with E-state index in [1.807, 2.05) is 54.4 Å². The van der Waals surface area contributed by atoms with E-state index in [-0.39, 0.29) is 11.3 Å². The summed E-state index contributed by atoms with van der Waals surface area (Å²) in [5.74, 6) is 0.926. The molecule has 1 aromatic carbocycles. The fraction of sp³-hybridized carbons (Fsp3) is 0.381. The van der Waals surface area contributed by atoms with Crippen LogP contribution in [0.15, 0.2) is 42.6 Å². The first-order chi connectivity index (χ1) is 12.2. The standard InChI is InChI=1S/C21H23N3O/c1-16-22-14-18-10-12-21(20(18)23-16)11-5-13-24(15-21)19(25)9-8-17-6-3-2-4-7-17/h2-4,6-9,14H,5,10-13,15H2,1H3. The number of hydrogen-bond acceptors (Lipinski definition) is 3. The summed E-state index contributed by atoms with van der Waals surface area (Å²) in [4.78, 5) is 23.8. The minimum atomic E-state index is 0.0253. The van der Waals surface area contributed by atoms with Crippen LogP contribution < -0.4 is 0 Å². The summed E-state index contributed by atoms with van der Waals surface area (Å²) in [6, 6.07) is 9.97. The Hall–Kier alpha value is -2.49. The van der Waals surface area contributed by atoms with Crippen molar-refractivity contribution >= 4 is 12.0 Å². The SMILES string of the molecule is Cc1ncc2c(n1)C1(CCCN(C(=O)C=Cc3ccccc3)C1)CC2. The number of carbonyl (C=O) groups excluding carboxylic acids is 1. The molecule has 1 atom stereocenters. The zero-order valence-corrected chi connectivity index (χ0v) is 14.6. The molecule has 1 amide bonds. The van der Waals surface area contributed by atoms with E-state index in [1.54, 1.807) is 6.08 Å². The first kappa shape index (κ1) is 16.0. The number of piperidine rings is 1. The highest BCUT2D eigenvalue weighted by atomic mass is 16.2. The molecule has 4 rings (SSSR count). The molecule has 1 unspecified atom stereocenters. The molecule has 2 aliphatic rings. The Labute approximate surface area is 148 Å². The maximum absolute atomic E-state index is 12.7. The zero-order chi connectivity index (χ0) is 17.3. The van der Waals surface area contributed by atoms with E-state index in [2.05, 4.69) is 4.98 Å². The van der Waals surface area contributed by atoms with Crippen molar-refractivity contribution in [3.8, 4) is 0 Å². The lowest BCUT2D eigenvalue weighted by Crippen LogP contribution is -2.47. The fourth-order valence-electron chi connectivity index (χ4n) is 4.18. The van der Waals surface area contributed by atoms with Crippen LogP contribution in [0, 0.1) is 6.92 Å². The predicted molar refractivity (Wildman–Crippen MR) is 98.1 cm³/mol. The Morgan fingerprint density at radius 3 is 2.92 bits per heavy atom. The van der Waals surface area contributed by atoms with Crippen LogP contribution in [0.3, 0.4) is 0 Å². The molecule has 25 heavy (non-hydrogen) atoms. The summed E-state index contributed by atoms with van der Waals surface area (Å²) in [6.45, 7) is 3.55. The van der Waals surface area contributed by atoms with Crippen molar-refractivity contribution in [2.75, 3.05) is 13.1 Å². The van der Waals surface area contributed by atoms with Gasteiger partial charge in [-0.3, -0.25) is 4.79 Å². The number of rotatable bonds is 2. The van der Waals surface area contributed by atoms with Gasteiger partial charge in [-0.2, -0.15) is 0 Å². The fourth-order valence-corrected chi connectivity index (χ4v) is 4.18. The molecule has 1 fully saturated rings. The predicted octanol–water partition coefficient (Wildman–Crippen LogP) is 3.30. The molecule has 1 aliphatic carbocycles. The molecule has 1 spiro atoms. The molecule has 128 valence electrons. The van der Waals surface area contributed by atoms with Gasteiger partial charge in [0.05, 0.1) is 5.69 Å². The number of hydrogen-bond donors (Lipinski definition) is 0. The van der Waals surface area contributed by atoms with Crippen molar-refractivity contribution < 1.29 is 4.79 Å². The number of amides is 1. The van der Waals surface area contributed by atoms with Gasteiger partial charge in [0.15, 0.2) is 0 Å². The van der Waals surface area contributed by atoms with Crippen molar-refractivity contribution in [2.24, 2.45) is 0 Å². The highest BCUT2D eigenvalue weighted by Crippen LogP contribution is 2.43. The summed E-state index contributed by atoms with van der Waals surface area (Å²) < 4.78 is 0. The van der Waals surface area contributed by atoms with E-state index >= 15 is 0 Å². The number of aromatic nitrogens is 2. The molecule has 0 N–H and O–H groups in total. The number of carbonyl (C=O) groups is 1. The van der Waals surface area contributed by atoms with Crippen molar-refractivity contribution in [2.45, 2.75) is 38.0 Å². The Bertz CT molecular complexity index is 811. The second-order valence-electron chi connectivity index (χ2n) is 7.18. The average molecular weight is 333 g/mol. The highest BCUT2D eigenvalue weighted by Gasteiger charge is 2.44. The van der Waals surface area contributed by atoms with Gasteiger partial charge in [-0.15, -0.1) is 0 Å². The van der Waals surface area contributed by atoms with Crippen molar-refractivity contribution in [1.29, 1.82) is 0 Å². The van der Waals surface area contributed by atoms with Crippen LogP contribution in [0.5, 0.6) is 0 Å². The first-order valence-electron chi connectivity index (χ1n) is 9.01. The van der Waals surface area contributed by atoms with E-state index in [0.717, 1.165) is 50.2 Å². The summed E-state index contributed by atoms with van der Waals surface area (Å²) in [5, 5.41) is 0. The van der Waals surface area contributed by atoms with Gasteiger partial charge in [-0.05, 0) is 49.8 Å². The lowest BCUT2D eigenvalue weighted by molar-refractivity contribution is -0.128. The van der Waals surface area contributed by atoms with Crippen LogP contribution >= 0.6 is 0 Å². The van der Waals surface area contributed by atoms with Gasteiger partial charge < -0.3 is 4.90 Å². The Kier molecular flexibility index (Phi) is 4.12. The lowest BCUT2D eigenvalue weighted by Gasteiger charge is -2.40. The number of fused-ring (bicyclic) bond motifs is 2. The molecule has 2 aromatic rings. The lowest BCUT2D eigenvalue weighted by atomic mass is 9.77. The Morgan fingerprint density at radius 2 is 2.08 bits per heavy atom. The molecular formula is C21H23N3O. The minimum Gasteiger partial charge on any atom is -0.338 e. The van der Waals surface area contributed by atoms with Gasteiger partial charge >= 0.3 is 0 Å². The molecule has 0 bridgehead atoms. The normalized spacial score (nSPS) is 22.5. The Balaban J connectivity index is 1.53. The molecular weight excluding hydrogens is 310 g/mol. The smallest absolute Gasteiger partial charge is 0.246 e. The molecule has 4 heteroatoms. The zero-order valence-electron chi connectivity index (χ0n) is 14.6. The van der Waals surface area contributed by atoms with Crippen LogP contribution in [0.2, 0.25) is 0 Å². The van der Waals surface area contributed by atoms with Gasteiger partial charge in [-0.25, -0.2) is 9.97 Å². The van der Waals surface area contributed by atoms with Crippen molar-refractivity contribution in [3.63, 3.8) is 0 Å². The van der Waals surface area contributed by atoms with E-state index in [0.29, 0.717) is 0 Å². The van der Waals surface area contributed by atoms with Crippen LogP contribution in [-0.4, -0.2) is 33.9 Å². The van der Waals surface area contributed by atoms with Crippen LogP contribution in [0.4, 0.5) is 0 Å². The maximum Gasteiger partial charge on any atom is 0.246 e. The van der Waals surface area contributed by atoms with Gasteiger partial charge in [0, 0.05) is 30.8 Å². The summed E-state index contributed by atoms with van der Waals surface area (Å²) in [7, 11) is 0. The summed E-state index contributed by atoms with van der Waals surface area (Å²) >= 11 is 0. The number of benzene rings is 1. The monoisotopic (exact) mass is 333 g/mol. The third kappa shape index (κ3) is 3.09. The van der Waals surface area contributed by atoms with Gasteiger partial charge in [0.1, 0.15) is 5.82 Å². The van der Waals surface area contributed by atoms with E-state index in [4.69, 9.17) is 4.98 Å². The molecule has 2 heterocycles. The highest BCUT2D eigenvalue weighted by molar-refractivity contribution is 5.92. The quantitative estimate of drug-likeness (QED) is 0.792. The van der Waals surface area contributed by atoms with Gasteiger partial charge in [-0.1, -0.05) is 30.3 Å². The second kappa shape index (κ2) is 6.43.